The second-order valence-electron chi connectivity index (χ2n) is 4.06. The summed E-state index contributed by atoms with van der Waals surface area (Å²) >= 11 is 0. The molecule has 9 heteroatoms. The van der Waals surface area contributed by atoms with E-state index in [-0.39, 0.29) is 17.3 Å². The van der Waals surface area contributed by atoms with Crippen molar-refractivity contribution in [3.05, 3.63) is 51.7 Å². The third kappa shape index (κ3) is 2.83. The summed E-state index contributed by atoms with van der Waals surface area (Å²) < 4.78 is 26.1. The first-order valence-corrected chi connectivity index (χ1v) is 7.12. The van der Waals surface area contributed by atoms with Crippen LogP contribution in [0.4, 0.5) is 5.69 Å². The Kier molecular flexibility index (Phi) is 3.81. The molecule has 1 aromatic carbocycles. The summed E-state index contributed by atoms with van der Waals surface area (Å²) in [5, 5.41) is 16.7. The highest BCUT2D eigenvalue weighted by Crippen LogP contribution is 2.21. The molecule has 0 bridgehead atoms. The fourth-order valence-corrected chi connectivity index (χ4v) is 2.62. The van der Waals surface area contributed by atoms with E-state index in [0.717, 1.165) is 0 Å². The van der Waals surface area contributed by atoms with Gasteiger partial charge in [-0.15, -0.1) is 0 Å². The van der Waals surface area contributed by atoms with Gasteiger partial charge in [-0.25, -0.2) is 13.1 Å². The highest BCUT2D eigenvalue weighted by Gasteiger charge is 2.17. The minimum Gasteiger partial charge on any atom is -0.266 e. The van der Waals surface area contributed by atoms with Crippen molar-refractivity contribution in [3.63, 3.8) is 0 Å². The number of hydrogen-bond acceptors (Lipinski definition) is 5. The summed E-state index contributed by atoms with van der Waals surface area (Å²) in [5.74, 6) is 0. The summed E-state index contributed by atoms with van der Waals surface area (Å²) in [4.78, 5) is 10.3. The van der Waals surface area contributed by atoms with Crippen LogP contribution in [0.25, 0.3) is 0 Å². The lowest BCUT2D eigenvalue weighted by molar-refractivity contribution is -0.385. The molecule has 0 unspecified atom stereocenters. The van der Waals surface area contributed by atoms with Gasteiger partial charge in [-0.05, 0) is 18.6 Å². The normalized spacial score (nSPS) is 11.4. The van der Waals surface area contributed by atoms with Crippen molar-refractivity contribution in [2.45, 2.75) is 18.5 Å². The molecule has 0 saturated heterocycles. The Morgan fingerprint density at radius 1 is 1.40 bits per heavy atom. The Hall–Kier alpha value is -2.26. The summed E-state index contributed by atoms with van der Waals surface area (Å²) in [7, 11) is -3.70. The first-order chi connectivity index (χ1) is 9.42. The fraction of sp³-hybridized carbons (Fsp3) is 0.182. The van der Waals surface area contributed by atoms with Crippen LogP contribution in [0.3, 0.4) is 0 Å². The van der Waals surface area contributed by atoms with Crippen LogP contribution >= 0.6 is 0 Å². The zero-order valence-corrected chi connectivity index (χ0v) is 11.3. The van der Waals surface area contributed by atoms with E-state index in [1.54, 1.807) is 13.0 Å². The largest absolute Gasteiger partial charge is 0.272 e. The molecule has 2 N–H and O–H groups in total. The van der Waals surface area contributed by atoms with Crippen LogP contribution in [0.5, 0.6) is 0 Å². The summed E-state index contributed by atoms with van der Waals surface area (Å²) in [6, 6.07) is 5.85. The van der Waals surface area contributed by atoms with Crippen molar-refractivity contribution in [1.29, 1.82) is 0 Å². The molecule has 20 heavy (non-hydrogen) atoms. The summed E-state index contributed by atoms with van der Waals surface area (Å²) in [6.45, 7) is 1.55. The minimum absolute atomic E-state index is 0.0329. The molecule has 0 radical (unpaired) electrons. The highest BCUT2D eigenvalue weighted by molar-refractivity contribution is 7.89. The number of sulfonamides is 1. The maximum atomic E-state index is 11.9. The van der Waals surface area contributed by atoms with Crippen molar-refractivity contribution >= 4 is 15.7 Å². The average Bonchev–Trinajstić information content (AvgIpc) is 2.92. The number of rotatable bonds is 5. The fourth-order valence-electron chi connectivity index (χ4n) is 1.70. The van der Waals surface area contributed by atoms with Crippen molar-refractivity contribution in [2.24, 2.45) is 0 Å². The van der Waals surface area contributed by atoms with Crippen molar-refractivity contribution in [1.82, 2.24) is 14.9 Å². The number of nitrogens with zero attached hydrogens (tertiary/aromatic N) is 2. The first-order valence-electron chi connectivity index (χ1n) is 5.64. The third-order valence-corrected chi connectivity index (χ3v) is 4.16. The lowest BCUT2D eigenvalue weighted by atomic mass is 10.1. The molecule has 8 nitrogen and oxygen atoms in total. The predicted molar refractivity (Wildman–Crippen MR) is 70.4 cm³/mol. The number of nitrogens with one attached hydrogen (secondary N) is 2. The van der Waals surface area contributed by atoms with E-state index in [1.807, 2.05) is 0 Å². The molecule has 106 valence electrons. The van der Waals surface area contributed by atoms with Crippen molar-refractivity contribution < 1.29 is 13.3 Å². The van der Waals surface area contributed by atoms with Gasteiger partial charge in [0.05, 0.1) is 11.1 Å². The molecule has 0 spiro atoms. The van der Waals surface area contributed by atoms with Gasteiger partial charge in [0, 0.05) is 18.2 Å². The molecule has 0 saturated carbocycles. The van der Waals surface area contributed by atoms with Gasteiger partial charge >= 0.3 is 0 Å². The van der Waals surface area contributed by atoms with Crippen molar-refractivity contribution in [3.8, 4) is 0 Å². The Balaban J connectivity index is 2.20. The smallest absolute Gasteiger partial charge is 0.266 e. The number of nitro groups is 1. The van der Waals surface area contributed by atoms with Crippen LogP contribution in [0.2, 0.25) is 0 Å². The van der Waals surface area contributed by atoms with Gasteiger partial charge in [-0.1, -0.05) is 12.1 Å². The molecule has 1 heterocycles. The predicted octanol–water partition coefficient (Wildman–Crippen LogP) is 1.10. The van der Waals surface area contributed by atoms with Gasteiger partial charge in [0.2, 0.25) is 0 Å². The molecular weight excluding hydrogens is 284 g/mol. The molecule has 2 aromatic rings. The van der Waals surface area contributed by atoms with E-state index < -0.39 is 14.9 Å². The standard InChI is InChI=1S/C11H12N4O4S/c1-8-9(3-2-4-10(8)15(16)17)7-13-20(18,19)11-5-6-12-14-11/h2-6,13H,7H2,1H3,(H,12,14). The number of hydrogen-bond donors (Lipinski definition) is 2. The topological polar surface area (TPSA) is 118 Å². The van der Waals surface area contributed by atoms with E-state index in [1.165, 1.54) is 24.4 Å². The molecular formula is C11H12N4O4S. The molecule has 0 aliphatic carbocycles. The Morgan fingerprint density at radius 3 is 2.75 bits per heavy atom. The number of nitro benzene ring substituents is 1. The maximum Gasteiger partial charge on any atom is 0.272 e. The van der Waals surface area contributed by atoms with E-state index in [0.29, 0.717) is 11.1 Å². The van der Waals surface area contributed by atoms with Crippen LogP contribution in [-0.4, -0.2) is 23.5 Å². The average molecular weight is 296 g/mol. The Bertz CT molecular complexity index is 725. The Morgan fingerprint density at radius 2 is 2.15 bits per heavy atom. The number of aromatic amines is 1. The number of H-pyrrole nitrogens is 1. The molecule has 1 aromatic heterocycles. The molecule has 0 fully saturated rings. The monoisotopic (exact) mass is 296 g/mol. The summed E-state index contributed by atoms with van der Waals surface area (Å²) in [6.07, 6.45) is 1.33. The lowest BCUT2D eigenvalue weighted by Gasteiger charge is -2.07. The van der Waals surface area contributed by atoms with Gasteiger partial charge in [-0.2, -0.15) is 5.10 Å². The molecule has 0 aliphatic rings. The van der Waals surface area contributed by atoms with E-state index >= 15 is 0 Å². The summed E-state index contributed by atoms with van der Waals surface area (Å²) in [5.41, 5.74) is 0.940. The first kappa shape index (κ1) is 14.2. The van der Waals surface area contributed by atoms with Crippen LogP contribution in [0.1, 0.15) is 11.1 Å². The highest BCUT2D eigenvalue weighted by atomic mass is 32.2. The Labute approximate surface area is 115 Å². The van der Waals surface area contributed by atoms with Gasteiger partial charge in [-0.3, -0.25) is 15.2 Å². The molecule has 0 aliphatic heterocycles. The third-order valence-electron chi connectivity index (χ3n) is 2.83. The van der Waals surface area contributed by atoms with Gasteiger partial charge in [0.15, 0.2) is 5.03 Å². The maximum absolute atomic E-state index is 11.9. The second kappa shape index (κ2) is 5.39. The van der Waals surface area contributed by atoms with Crippen molar-refractivity contribution in [2.75, 3.05) is 0 Å². The van der Waals surface area contributed by atoms with Crippen LogP contribution in [-0.2, 0) is 16.6 Å². The van der Waals surface area contributed by atoms with E-state index in [2.05, 4.69) is 14.9 Å². The SMILES string of the molecule is Cc1c(CNS(=O)(=O)c2ccn[nH]2)cccc1[N+](=O)[O-]. The van der Waals surface area contributed by atoms with E-state index in [9.17, 15) is 18.5 Å². The number of benzene rings is 1. The second-order valence-corrected chi connectivity index (χ2v) is 5.80. The van der Waals surface area contributed by atoms with Crippen LogP contribution < -0.4 is 4.72 Å². The van der Waals surface area contributed by atoms with Gasteiger partial charge in [0.25, 0.3) is 15.7 Å². The minimum atomic E-state index is -3.70. The lowest BCUT2D eigenvalue weighted by Crippen LogP contribution is -2.24. The zero-order chi connectivity index (χ0) is 14.8. The van der Waals surface area contributed by atoms with Gasteiger partial charge < -0.3 is 0 Å². The van der Waals surface area contributed by atoms with Gasteiger partial charge in [0.1, 0.15) is 0 Å². The zero-order valence-electron chi connectivity index (χ0n) is 10.5. The molecule has 0 amide bonds. The molecule has 0 atom stereocenters. The van der Waals surface area contributed by atoms with E-state index in [4.69, 9.17) is 0 Å². The van der Waals surface area contributed by atoms with Crippen LogP contribution in [0.15, 0.2) is 35.5 Å². The number of aromatic nitrogens is 2. The molecule has 2 rings (SSSR count). The van der Waals surface area contributed by atoms with Crippen LogP contribution in [0, 0.1) is 17.0 Å². The quantitative estimate of drug-likeness (QED) is 0.632.